The van der Waals surface area contributed by atoms with Crippen molar-refractivity contribution in [1.29, 1.82) is 0 Å². The number of halogens is 4. The van der Waals surface area contributed by atoms with E-state index in [1.165, 1.54) is 49.9 Å². The Kier molecular flexibility index (Phi) is 23.8. The molecule has 688 valence electrons. The molecule has 0 aromatic carbocycles. The van der Waals surface area contributed by atoms with Crippen LogP contribution in [0.25, 0.3) is 221 Å². The van der Waals surface area contributed by atoms with E-state index in [4.69, 9.17) is 19.9 Å². The fourth-order valence-electron chi connectivity index (χ4n) is 17.0. The van der Waals surface area contributed by atoms with Gasteiger partial charge < -0.3 is 40.4 Å². The Balaban J connectivity index is 0.000000107. The molecule has 10 N–H and O–H groups in total. The monoisotopic (exact) mass is 1920 g/mol. The second-order valence-corrected chi connectivity index (χ2v) is 38.3. The maximum absolute atomic E-state index is 13.7. The largest absolute Gasteiger partial charge is 0.382 e. The maximum atomic E-state index is 13.7. The summed E-state index contributed by atoms with van der Waals surface area (Å²) >= 11 is 4.28. The molecule has 24 aromatic heterocycles. The number of anilines is 2. The van der Waals surface area contributed by atoms with Crippen molar-refractivity contribution in [3.8, 4) is 132 Å². The van der Waals surface area contributed by atoms with E-state index in [1.54, 1.807) is 98.6 Å². The Bertz CT molecular complexity index is 8410. The Morgan fingerprint density at radius 3 is 1.03 bits per heavy atom. The number of H-pyrrole nitrogens is 8. The first kappa shape index (κ1) is 87.9. The van der Waals surface area contributed by atoms with Crippen LogP contribution in [-0.4, -0.2) is 186 Å². The molecule has 139 heavy (non-hydrogen) atoms. The number of aromatic amines is 8. The average Bonchev–Trinajstić information content (AvgIpc) is 1.62. The highest BCUT2D eigenvalue weighted by Crippen LogP contribution is 2.42. The molecule has 40 heteroatoms. The molecule has 0 amide bonds. The minimum atomic E-state index is -0.247. The lowest BCUT2D eigenvalue weighted by Gasteiger charge is -2.12. The van der Waals surface area contributed by atoms with Crippen LogP contribution in [0.4, 0.5) is 28.9 Å². The number of fused-ring (bicyclic) bond motifs is 8. The number of hydrogen-bond donors (Lipinski definition) is 10. The molecule has 1 fully saturated rings. The lowest BCUT2D eigenvalue weighted by atomic mass is 10.1. The zero-order valence-corrected chi connectivity index (χ0v) is 78.1. The molecule has 0 saturated heterocycles. The van der Waals surface area contributed by atoms with Crippen LogP contribution in [0.15, 0.2) is 221 Å². The van der Waals surface area contributed by atoms with Gasteiger partial charge >= 0.3 is 0 Å². The number of aromatic nitrogens is 28. The average molecular weight is 1920 g/mol. The zero-order valence-electron chi connectivity index (χ0n) is 74.9. The Morgan fingerprint density at radius 2 is 0.683 bits per heavy atom. The predicted octanol–water partition coefficient (Wildman–Crippen LogP) is 21.5. The Hall–Kier alpha value is -16.4. The van der Waals surface area contributed by atoms with Crippen molar-refractivity contribution in [2.75, 3.05) is 45.0 Å². The number of nitrogens with zero attached hydrogens (tertiary/aromatic N) is 22. The van der Waals surface area contributed by atoms with Crippen molar-refractivity contribution in [1.82, 2.24) is 151 Å². The summed E-state index contributed by atoms with van der Waals surface area (Å²) in [4.78, 5) is 92.8. The molecule has 32 nitrogen and oxygen atoms in total. The van der Waals surface area contributed by atoms with E-state index in [1.807, 2.05) is 101 Å². The number of rotatable bonds is 21. The van der Waals surface area contributed by atoms with Crippen LogP contribution in [0, 0.1) is 26.4 Å². The number of nitrogens with one attached hydrogen (secondary N) is 10. The first-order chi connectivity index (χ1) is 67.9. The fourth-order valence-corrected chi connectivity index (χ4v) is 20.0. The minimum absolute atomic E-state index is 0.242. The van der Waals surface area contributed by atoms with E-state index in [0.29, 0.717) is 57.6 Å². The van der Waals surface area contributed by atoms with Crippen LogP contribution in [0.1, 0.15) is 50.7 Å². The topological polar surface area (TPSA) is 415 Å². The van der Waals surface area contributed by atoms with Gasteiger partial charge in [-0.05, 0) is 161 Å². The first-order valence-electron chi connectivity index (χ1n) is 44.2. The smallest absolute Gasteiger partial charge is 0.181 e. The van der Waals surface area contributed by atoms with Crippen molar-refractivity contribution in [3.63, 3.8) is 0 Å². The molecule has 25 rings (SSSR count). The third-order valence-corrected chi connectivity index (χ3v) is 27.2. The summed E-state index contributed by atoms with van der Waals surface area (Å²) in [6.07, 6.45) is 41.0. The lowest BCUT2D eigenvalue weighted by molar-refractivity contribution is 0.402. The van der Waals surface area contributed by atoms with Gasteiger partial charge in [-0.1, -0.05) is 12.8 Å². The summed E-state index contributed by atoms with van der Waals surface area (Å²) in [7, 11) is 8.01. The van der Waals surface area contributed by atoms with Crippen molar-refractivity contribution in [3.05, 3.63) is 253 Å². The van der Waals surface area contributed by atoms with Gasteiger partial charge in [0.1, 0.15) is 44.8 Å². The van der Waals surface area contributed by atoms with Gasteiger partial charge in [0.05, 0.1) is 86.0 Å². The van der Waals surface area contributed by atoms with Crippen molar-refractivity contribution in [2.24, 2.45) is 5.92 Å². The van der Waals surface area contributed by atoms with Gasteiger partial charge in [0.25, 0.3) is 0 Å². The summed E-state index contributed by atoms with van der Waals surface area (Å²) in [5.74, 6) is 3.25. The number of hydrogen-bond acceptors (Lipinski definition) is 28. The van der Waals surface area contributed by atoms with Crippen LogP contribution in [-0.2, 0) is 13.1 Å². The summed E-state index contributed by atoms with van der Waals surface area (Å²) in [6, 6.07) is 29.6. The zero-order chi connectivity index (χ0) is 94.5. The standard InChI is InChI=1S/C28H25FN8S.2C24H19FN8S.C23H17FN8S/c29-24-6-5-23(38-24)21-14-32-15-22-25(21)35-28(34-22)26-20-8-19(13-33-27(20)37-36-26)18-7-17(11-31-12-18)10-30-9-16-3-1-2-4-16;1-33(2)12-13-5-14(8-26-7-13)15-6-16-22(31-32-23(16)28-9-15)24-29-18-11-27-10-17(21(18)30-24)19-3-4-20(25)34-19;1-12(2)29-15-5-13(7-26-9-15)14-6-16-22(32-33-23(16)28-8-14)24-30-18-11-27-10-17(21(18)31-24)19-3-4-20(25)34-19;1-32(2)14-5-12(7-25-9-14)13-6-15-21(30-31-22(15)27-8-13)23-28-17-11-26-10-16(20(17)29-23)18-3-4-19(24)33-18/h5-8,11-16,30H,1-4,9-10H2,(H,34,35)(H,33,36,37);3-11H,12H2,1-2H3,(H,29,30)(H,28,31,32);3-12,29H,1-2H3,(H,30,31)(H,28,32,33);3-11H,1-2H3,(H,28,29)(H,27,30,31). The molecule has 0 spiro atoms. The molecule has 1 saturated carbocycles. The summed E-state index contributed by atoms with van der Waals surface area (Å²) in [6.45, 7) is 6.83. The fraction of sp³-hybridized carbons (Fsp3) is 0.152. The van der Waals surface area contributed by atoms with Crippen LogP contribution in [0.3, 0.4) is 0 Å². The molecule has 0 radical (unpaired) electrons. The van der Waals surface area contributed by atoms with Crippen LogP contribution in [0.2, 0.25) is 0 Å². The molecule has 0 atom stereocenters. The highest BCUT2D eigenvalue weighted by atomic mass is 32.1. The third-order valence-electron chi connectivity index (χ3n) is 23.6. The molecule has 0 aliphatic heterocycles. The second-order valence-electron chi connectivity index (χ2n) is 34.1. The summed E-state index contributed by atoms with van der Waals surface area (Å²) in [5.41, 5.74) is 26.1. The van der Waals surface area contributed by atoms with Crippen molar-refractivity contribution >= 4 is 145 Å². The number of pyridine rings is 12. The maximum Gasteiger partial charge on any atom is 0.181 e. The molecule has 0 bridgehead atoms. The molecular formula is C99H80F4N32S4. The van der Waals surface area contributed by atoms with Gasteiger partial charge in [-0.15, -0.1) is 45.3 Å². The molecule has 1 aliphatic rings. The van der Waals surface area contributed by atoms with E-state index in [2.05, 4.69) is 180 Å². The van der Waals surface area contributed by atoms with E-state index >= 15 is 0 Å². The number of imidazole rings is 4. The Morgan fingerprint density at radius 1 is 0.360 bits per heavy atom. The van der Waals surface area contributed by atoms with Crippen LogP contribution in [0.5, 0.6) is 0 Å². The molecular weight excluding hydrogens is 1840 g/mol. The van der Waals surface area contributed by atoms with Crippen molar-refractivity contribution in [2.45, 2.75) is 58.7 Å². The third kappa shape index (κ3) is 18.3. The quantitative estimate of drug-likeness (QED) is 0.0299. The number of thiophene rings is 4. The van der Waals surface area contributed by atoms with Gasteiger partial charge in [0.2, 0.25) is 0 Å². The van der Waals surface area contributed by atoms with Gasteiger partial charge in [-0.2, -0.15) is 38.0 Å². The predicted molar refractivity (Wildman–Crippen MR) is 537 cm³/mol. The van der Waals surface area contributed by atoms with Crippen LogP contribution >= 0.6 is 45.3 Å². The van der Waals surface area contributed by atoms with E-state index < -0.39 is 0 Å². The first-order valence-corrected chi connectivity index (χ1v) is 47.5. The normalized spacial score (nSPS) is 12.3. The van der Waals surface area contributed by atoms with E-state index in [9.17, 15) is 17.6 Å². The van der Waals surface area contributed by atoms with Gasteiger partial charge in [-0.25, -0.2) is 39.9 Å². The highest BCUT2D eigenvalue weighted by Gasteiger charge is 2.26. The molecule has 1 aliphatic carbocycles. The van der Waals surface area contributed by atoms with E-state index in [-0.39, 0.29) is 20.5 Å². The highest BCUT2D eigenvalue weighted by molar-refractivity contribution is 7.15. The minimum Gasteiger partial charge on any atom is -0.382 e. The molecule has 0 unspecified atom stereocenters. The van der Waals surface area contributed by atoms with E-state index in [0.717, 1.165) is 262 Å². The van der Waals surface area contributed by atoms with Gasteiger partial charge in [0, 0.05) is 212 Å². The van der Waals surface area contributed by atoms with Crippen molar-refractivity contribution < 1.29 is 17.6 Å². The van der Waals surface area contributed by atoms with Gasteiger partial charge in [-0.3, -0.25) is 60.3 Å². The molecule has 24 aromatic rings. The van der Waals surface area contributed by atoms with Gasteiger partial charge in [0.15, 0.2) is 66.4 Å². The second kappa shape index (κ2) is 37.7. The van der Waals surface area contributed by atoms with Crippen LogP contribution < -0.4 is 15.5 Å². The SMILES string of the molecule is CC(C)Nc1cncc(-c2cnc3n[nH]c(-c4nc5c(-c6ccc(F)s6)cncc5[nH]4)c3c2)c1.CN(C)Cc1cncc(-c2cnc3n[nH]c(-c4nc5c(-c6ccc(F)s6)cncc5[nH]4)c3c2)c1.CN(C)c1cncc(-c2cnc3n[nH]c(-c4nc5c(-c6ccc(F)s6)cncc5[nH]4)c3c2)c1.Fc1ccc(-c2cncc3[nH]c(-c4[nH]nc5ncc(-c6cncc(CNCC7CCCC7)c6)cc45)nc23)s1. The summed E-state index contributed by atoms with van der Waals surface area (Å²) < 4.78 is 54.5. The lowest BCUT2D eigenvalue weighted by Crippen LogP contribution is -2.20. The Labute approximate surface area is 802 Å². The summed E-state index contributed by atoms with van der Waals surface area (Å²) in [5, 5.41) is 39.1. The molecule has 24 heterocycles.